The Kier molecular flexibility index (Phi) is 8.46. The van der Waals surface area contributed by atoms with E-state index in [1.807, 2.05) is 0 Å². The molecule has 4 bridgehead atoms. The molecule has 2 fully saturated rings. The van der Waals surface area contributed by atoms with Crippen LogP contribution in [0.5, 0.6) is 0 Å². The van der Waals surface area contributed by atoms with Crippen LogP contribution < -0.4 is 0 Å². The van der Waals surface area contributed by atoms with Gasteiger partial charge in [0, 0.05) is 72.3 Å². The number of carbonyl (C=O) groups excluding carboxylic acids is 1. The second kappa shape index (κ2) is 14.7. The zero-order valence-corrected chi connectivity index (χ0v) is 44.4. The van der Waals surface area contributed by atoms with E-state index in [4.69, 9.17) is 0 Å². The van der Waals surface area contributed by atoms with Crippen LogP contribution in [0.25, 0.3) is 76.2 Å². The summed E-state index contributed by atoms with van der Waals surface area (Å²) in [5, 5.41) is 21.7. The number of carbonyl (C=O) groups is 1. The van der Waals surface area contributed by atoms with Crippen molar-refractivity contribution in [3.05, 3.63) is 200 Å². The van der Waals surface area contributed by atoms with E-state index in [9.17, 15) is 10.1 Å². The summed E-state index contributed by atoms with van der Waals surface area (Å²) >= 11 is 0. The molecule has 370 valence electrons. The number of hydrogen-bond donors (Lipinski definition) is 0. The zero-order chi connectivity index (χ0) is 51.0. The normalized spacial score (nSPS) is 25.1. The van der Waals surface area contributed by atoms with Crippen LogP contribution in [-0.4, -0.2) is 14.6 Å². The van der Waals surface area contributed by atoms with Crippen LogP contribution in [0.2, 0.25) is 0 Å². The standard InChI is InChI=1S/C72H61N3O/c1-37-22-39-24-40(23-37)35-72(6,34-39)44-28-57-54-31-60-53(56-27-43(71(3,4)5)26-55-52-30-51-48-20-21-50(47-18-12-11-17-46(47)48)70(76)58(51)33-62(52)74(60)68(55)56)32-61(54)75-63-25-42(36-73)66-64(67(63)59(29-44)69(57)75)38(2)45-16-10-13-19-49(45)65(66)41-14-8-7-9-15-41/h7-19,25-33,37-40,48,50,65H,20-24,34-35H2,1-6H3. The molecule has 18 rings (SSSR count). The number of ketones is 1. The largest absolute Gasteiger partial charge is 0.308 e. The van der Waals surface area contributed by atoms with Crippen molar-refractivity contribution in [2.75, 3.05) is 0 Å². The molecule has 76 heavy (non-hydrogen) atoms. The number of nitrogens with zero attached hydrogens (tertiary/aromatic N) is 3. The van der Waals surface area contributed by atoms with Gasteiger partial charge in [-0.05, 0) is 184 Å². The van der Waals surface area contributed by atoms with Crippen LogP contribution in [0.3, 0.4) is 0 Å². The molecule has 0 N–H and O–H groups in total. The Hall–Kier alpha value is -7.48. The average Bonchev–Trinajstić information content (AvgIpc) is 4.15. The van der Waals surface area contributed by atoms with Crippen LogP contribution in [0.15, 0.2) is 133 Å². The maximum Gasteiger partial charge on any atom is 0.170 e. The lowest BCUT2D eigenvalue weighted by Crippen LogP contribution is -2.38. The fraction of sp³-hybridized carbons (Fsp3) is 0.306. The van der Waals surface area contributed by atoms with Gasteiger partial charge in [-0.2, -0.15) is 5.26 Å². The molecule has 0 saturated heterocycles. The molecule has 0 aliphatic heterocycles. The molecule has 12 aromatic rings. The van der Waals surface area contributed by atoms with Gasteiger partial charge in [0.1, 0.15) is 0 Å². The molecule has 4 heteroatoms. The molecular weight excluding hydrogens is 923 g/mol. The lowest BCUT2D eigenvalue weighted by Gasteiger charge is -2.47. The molecule has 0 spiro atoms. The van der Waals surface area contributed by atoms with Crippen LogP contribution >= 0.6 is 0 Å². The Bertz CT molecular complexity index is 4590. The summed E-state index contributed by atoms with van der Waals surface area (Å²) in [6, 6.07) is 53.8. The number of Topliss-reactive ketones (excluding diaryl/α,β-unsaturated/α-hetero) is 1. The highest BCUT2D eigenvalue weighted by atomic mass is 16.1. The summed E-state index contributed by atoms with van der Waals surface area (Å²) in [5.41, 5.74) is 21.7. The van der Waals surface area contributed by atoms with Gasteiger partial charge in [0.25, 0.3) is 0 Å². The van der Waals surface area contributed by atoms with Crippen LogP contribution in [0, 0.1) is 29.1 Å². The predicted octanol–water partition coefficient (Wildman–Crippen LogP) is 18.1. The second-order valence-electron chi connectivity index (χ2n) is 26.2. The van der Waals surface area contributed by atoms with Gasteiger partial charge in [-0.3, -0.25) is 4.79 Å². The van der Waals surface area contributed by atoms with Gasteiger partial charge in [0.05, 0.1) is 44.7 Å². The molecule has 8 aromatic carbocycles. The van der Waals surface area contributed by atoms with Crippen molar-refractivity contribution in [3.8, 4) is 6.07 Å². The fourth-order valence-corrected chi connectivity index (χ4v) is 17.9. The second-order valence-corrected chi connectivity index (χ2v) is 26.2. The number of fused-ring (bicyclic) bond motifs is 18. The highest BCUT2D eigenvalue weighted by molar-refractivity contribution is 6.30. The summed E-state index contributed by atoms with van der Waals surface area (Å²) in [5.74, 6) is 2.69. The van der Waals surface area contributed by atoms with Crippen LogP contribution in [-0.2, 0) is 10.8 Å². The predicted molar refractivity (Wildman–Crippen MR) is 312 cm³/mol. The molecular formula is C72H61N3O. The minimum absolute atomic E-state index is 0.0373. The lowest BCUT2D eigenvalue weighted by molar-refractivity contribution is 0.0900. The number of hydrogen-bond acceptors (Lipinski definition) is 2. The minimum atomic E-state index is -0.102. The van der Waals surface area contributed by atoms with Crippen molar-refractivity contribution in [1.29, 1.82) is 5.26 Å². The van der Waals surface area contributed by atoms with Gasteiger partial charge in [-0.15, -0.1) is 0 Å². The van der Waals surface area contributed by atoms with E-state index in [1.165, 1.54) is 153 Å². The van der Waals surface area contributed by atoms with Crippen molar-refractivity contribution < 1.29 is 4.79 Å². The van der Waals surface area contributed by atoms with E-state index >= 15 is 0 Å². The average molecular weight is 984 g/mol. The molecule has 4 heterocycles. The number of aromatic nitrogens is 2. The highest BCUT2D eigenvalue weighted by Crippen LogP contribution is 2.57. The monoisotopic (exact) mass is 983 g/mol. The van der Waals surface area contributed by atoms with E-state index < -0.39 is 0 Å². The van der Waals surface area contributed by atoms with E-state index in [1.54, 1.807) is 0 Å². The van der Waals surface area contributed by atoms with Crippen molar-refractivity contribution in [3.63, 3.8) is 0 Å². The number of benzene rings is 8. The Morgan fingerprint density at radius 3 is 1.82 bits per heavy atom. The summed E-state index contributed by atoms with van der Waals surface area (Å²) < 4.78 is 5.12. The third-order valence-corrected chi connectivity index (χ3v) is 20.8. The van der Waals surface area contributed by atoms with Crippen molar-refractivity contribution >= 4 is 82.0 Å². The minimum Gasteiger partial charge on any atom is -0.308 e. The highest BCUT2D eigenvalue weighted by Gasteiger charge is 2.44. The van der Waals surface area contributed by atoms with Crippen molar-refractivity contribution in [2.45, 2.75) is 121 Å². The van der Waals surface area contributed by atoms with Gasteiger partial charge in [0.15, 0.2) is 5.78 Å². The SMILES string of the molecule is CC1CC2CC(C1)CC(C)(c1cc3c4cc5c(cc4n4c6cc(C#N)c7c(c6c(c1)c34)C(C)c1ccccc1C7c1ccccc1)c1cc(C(C)(C)C)cc3c4cc6c(cc4n5c31)C(=O)C1CCC6c3ccccc31)C2. The van der Waals surface area contributed by atoms with Crippen molar-refractivity contribution in [1.82, 2.24) is 8.80 Å². The third kappa shape index (κ3) is 5.52. The first-order valence-electron chi connectivity index (χ1n) is 28.6. The summed E-state index contributed by atoms with van der Waals surface area (Å²) in [4.78, 5) is 15.0. The Morgan fingerprint density at radius 1 is 0.566 bits per heavy atom. The van der Waals surface area contributed by atoms with Crippen LogP contribution in [0.4, 0.5) is 0 Å². The molecule has 6 aliphatic rings. The zero-order valence-electron chi connectivity index (χ0n) is 44.4. The quantitative estimate of drug-likeness (QED) is 0.173. The van der Waals surface area contributed by atoms with E-state index in [0.29, 0.717) is 0 Å². The summed E-state index contributed by atoms with van der Waals surface area (Å²) in [6.45, 7) is 14.5. The Morgan fingerprint density at radius 2 is 1.13 bits per heavy atom. The van der Waals surface area contributed by atoms with Gasteiger partial charge < -0.3 is 8.80 Å². The third-order valence-electron chi connectivity index (χ3n) is 20.8. The van der Waals surface area contributed by atoms with E-state index in [-0.39, 0.29) is 40.3 Å². The molecule has 6 unspecified atom stereocenters. The van der Waals surface area contributed by atoms with Gasteiger partial charge in [-0.25, -0.2) is 0 Å². The maximum atomic E-state index is 15.0. The molecule has 4 nitrogen and oxygen atoms in total. The molecule has 4 aromatic heterocycles. The van der Waals surface area contributed by atoms with E-state index in [0.717, 1.165) is 52.8 Å². The molecule has 6 aliphatic carbocycles. The molecule has 6 atom stereocenters. The molecule has 0 radical (unpaired) electrons. The maximum absolute atomic E-state index is 15.0. The first kappa shape index (κ1) is 43.7. The van der Waals surface area contributed by atoms with Gasteiger partial charge >= 0.3 is 0 Å². The smallest absolute Gasteiger partial charge is 0.170 e. The summed E-state index contributed by atoms with van der Waals surface area (Å²) in [6.07, 6.45) is 8.37. The first-order chi connectivity index (χ1) is 36.8. The molecule has 0 amide bonds. The summed E-state index contributed by atoms with van der Waals surface area (Å²) in [7, 11) is 0. The number of nitriles is 1. The Balaban J connectivity index is 1.01. The van der Waals surface area contributed by atoms with E-state index in [2.05, 4.69) is 190 Å². The van der Waals surface area contributed by atoms with Gasteiger partial charge in [0.2, 0.25) is 0 Å². The lowest BCUT2D eigenvalue weighted by atomic mass is 9.57. The first-order valence-corrected chi connectivity index (χ1v) is 28.6. The van der Waals surface area contributed by atoms with Gasteiger partial charge in [-0.1, -0.05) is 120 Å². The van der Waals surface area contributed by atoms with Crippen LogP contribution in [0.1, 0.15) is 182 Å². The number of rotatable bonds is 2. The topological polar surface area (TPSA) is 49.7 Å². The Labute approximate surface area is 443 Å². The fourth-order valence-electron chi connectivity index (χ4n) is 17.9. The molecule has 2 saturated carbocycles. The van der Waals surface area contributed by atoms with Crippen molar-refractivity contribution in [2.24, 2.45) is 17.8 Å².